The van der Waals surface area contributed by atoms with Gasteiger partial charge in [-0.1, -0.05) is 18.2 Å². The average Bonchev–Trinajstić information content (AvgIpc) is 2.46. The number of carbonyl (C=O) groups excluding carboxylic acids is 1. The zero-order valence-electron chi connectivity index (χ0n) is 11.7. The summed E-state index contributed by atoms with van der Waals surface area (Å²) < 4.78 is 0. The highest BCUT2D eigenvalue weighted by Gasteiger charge is 2.12. The van der Waals surface area contributed by atoms with Gasteiger partial charge in [-0.05, 0) is 49.8 Å². The molecule has 0 spiro atoms. The normalized spacial score (nSPS) is 18.1. The van der Waals surface area contributed by atoms with Crippen LogP contribution in [0.5, 0.6) is 0 Å². The van der Waals surface area contributed by atoms with Crippen LogP contribution in [0.4, 0.5) is 5.69 Å². The van der Waals surface area contributed by atoms with Crippen molar-refractivity contribution in [1.82, 2.24) is 5.32 Å². The number of rotatable bonds is 4. The van der Waals surface area contributed by atoms with E-state index >= 15 is 0 Å². The average molecular weight is 258 g/mol. The Kier molecular flexibility index (Phi) is 4.61. The number of nitrogens with one attached hydrogen (secondary N) is 2. The molecule has 0 saturated heterocycles. The molecule has 0 fully saturated rings. The van der Waals surface area contributed by atoms with Gasteiger partial charge in [0.1, 0.15) is 0 Å². The summed E-state index contributed by atoms with van der Waals surface area (Å²) in [4.78, 5) is 11.7. The highest BCUT2D eigenvalue weighted by Crippen LogP contribution is 2.22. The van der Waals surface area contributed by atoms with Gasteiger partial charge in [0.2, 0.25) is 0 Å². The molecule has 0 heterocycles. The van der Waals surface area contributed by atoms with Crippen LogP contribution in [0.3, 0.4) is 0 Å². The first-order valence-corrected chi connectivity index (χ1v) is 6.93. The van der Waals surface area contributed by atoms with Crippen molar-refractivity contribution in [2.24, 2.45) is 5.92 Å². The lowest BCUT2D eigenvalue weighted by molar-refractivity contribution is 0.0962. The maximum atomic E-state index is 11.7. The largest absolute Gasteiger partial charge is 0.385 e. The molecule has 2 N–H and O–H groups in total. The van der Waals surface area contributed by atoms with Crippen LogP contribution in [0.1, 0.15) is 35.2 Å². The fourth-order valence-corrected chi connectivity index (χ4v) is 2.50. The van der Waals surface area contributed by atoms with Gasteiger partial charge in [0, 0.05) is 24.8 Å². The molecular formula is C16H22N2O. The van der Waals surface area contributed by atoms with Crippen molar-refractivity contribution in [3.63, 3.8) is 0 Å². The standard InChI is InChI=1S/C16H22N2O/c1-12-14(16(19)17-2)9-6-10-15(12)18-11-13-7-4-3-5-8-13/h3-4,6,9-10,13,18H,5,7-8,11H2,1-2H3,(H,17,19). The van der Waals surface area contributed by atoms with Crippen molar-refractivity contribution in [3.8, 4) is 0 Å². The van der Waals surface area contributed by atoms with Gasteiger partial charge in [-0.15, -0.1) is 0 Å². The molecule has 1 aliphatic carbocycles. The van der Waals surface area contributed by atoms with Crippen molar-refractivity contribution in [3.05, 3.63) is 41.5 Å². The van der Waals surface area contributed by atoms with Crippen LogP contribution >= 0.6 is 0 Å². The zero-order chi connectivity index (χ0) is 13.7. The van der Waals surface area contributed by atoms with Crippen molar-refractivity contribution in [1.29, 1.82) is 0 Å². The van der Waals surface area contributed by atoms with E-state index in [9.17, 15) is 4.79 Å². The molecule has 1 atom stereocenters. The lowest BCUT2D eigenvalue weighted by atomic mass is 9.94. The number of carbonyl (C=O) groups is 1. The second kappa shape index (κ2) is 6.41. The predicted octanol–water partition coefficient (Wildman–Crippen LogP) is 3.12. The van der Waals surface area contributed by atoms with Crippen LogP contribution in [0, 0.1) is 12.8 Å². The lowest BCUT2D eigenvalue weighted by Gasteiger charge is -2.20. The predicted molar refractivity (Wildman–Crippen MR) is 79.5 cm³/mol. The Balaban J connectivity index is 2.04. The molecule has 102 valence electrons. The van der Waals surface area contributed by atoms with Crippen LogP contribution in [-0.4, -0.2) is 19.5 Å². The number of hydrogen-bond acceptors (Lipinski definition) is 2. The minimum atomic E-state index is -0.0262. The van der Waals surface area contributed by atoms with Gasteiger partial charge in [0.15, 0.2) is 0 Å². The smallest absolute Gasteiger partial charge is 0.251 e. The molecule has 2 rings (SSSR count). The van der Waals surface area contributed by atoms with E-state index in [4.69, 9.17) is 0 Å². The van der Waals surface area contributed by atoms with E-state index in [-0.39, 0.29) is 5.91 Å². The van der Waals surface area contributed by atoms with Gasteiger partial charge < -0.3 is 10.6 Å². The fourth-order valence-electron chi connectivity index (χ4n) is 2.50. The van der Waals surface area contributed by atoms with E-state index in [1.54, 1.807) is 7.05 Å². The summed E-state index contributed by atoms with van der Waals surface area (Å²) in [6.45, 7) is 2.97. The van der Waals surface area contributed by atoms with Crippen molar-refractivity contribution in [2.45, 2.75) is 26.2 Å². The minimum Gasteiger partial charge on any atom is -0.385 e. The summed E-state index contributed by atoms with van der Waals surface area (Å²) in [7, 11) is 1.66. The molecule has 1 unspecified atom stereocenters. The quantitative estimate of drug-likeness (QED) is 0.815. The maximum Gasteiger partial charge on any atom is 0.251 e. The van der Waals surface area contributed by atoms with Gasteiger partial charge >= 0.3 is 0 Å². The summed E-state index contributed by atoms with van der Waals surface area (Å²) in [6.07, 6.45) is 8.11. The Morgan fingerprint density at radius 3 is 2.89 bits per heavy atom. The van der Waals surface area contributed by atoms with Crippen LogP contribution in [-0.2, 0) is 0 Å². The third kappa shape index (κ3) is 3.37. The van der Waals surface area contributed by atoms with Crippen LogP contribution in [0.15, 0.2) is 30.4 Å². The van der Waals surface area contributed by atoms with Gasteiger partial charge in [-0.25, -0.2) is 0 Å². The number of anilines is 1. The van der Waals surface area contributed by atoms with E-state index in [0.29, 0.717) is 5.92 Å². The maximum absolute atomic E-state index is 11.7. The third-order valence-electron chi connectivity index (χ3n) is 3.76. The van der Waals surface area contributed by atoms with E-state index < -0.39 is 0 Å². The van der Waals surface area contributed by atoms with Crippen LogP contribution < -0.4 is 10.6 Å². The SMILES string of the molecule is CNC(=O)c1cccc(NCC2CC=CCC2)c1C. The summed E-state index contributed by atoms with van der Waals surface area (Å²) in [5.74, 6) is 0.676. The van der Waals surface area contributed by atoms with Crippen molar-refractivity contribution >= 4 is 11.6 Å². The van der Waals surface area contributed by atoms with Crippen molar-refractivity contribution in [2.75, 3.05) is 18.9 Å². The number of amides is 1. The number of hydrogen-bond donors (Lipinski definition) is 2. The molecular weight excluding hydrogens is 236 g/mol. The van der Waals surface area contributed by atoms with E-state index in [1.165, 1.54) is 12.8 Å². The molecule has 0 bridgehead atoms. The Bertz CT molecular complexity index is 480. The Hall–Kier alpha value is -1.77. The van der Waals surface area contributed by atoms with E-state index in [1.807, 2.05) is 25.1 Å². The fraction of sp³-hybridized carbons (Fsp3) is 0.438. The Morgan fingerprint density at radius 1 is 1.37 bits per heavy atom. The monoisotopic (exact) mass is 258 g/mol. The molecule has 3 heteroatoms. The molecule has 0 aromatic heterocycles. The van der Waals surface area contributed by atoms with Gasteiger partial charge in [0.25, 0.3) is 5.91 Å². The second-order valence-electron chi connectivity index (χ2n) is 5.09. The Labute approximate surface area is 115 Å². The van der Waals surface area contributed by atoms with Crippen molar-refractivity contribution < 1.29 is 4.79 Å². The molecule has 1 aliphatic rings. The summed E-state index contributed by atoms with van der Waals surface area (Å²) in [5.41, 5.74) is 2.83. The van der Waals surface area contributed by atoms with E-state index in [0.717, 1.165) is 29.8 Å². The van der Waals surface area contributed by atoms with Crippen LogP contribution in [0.2, 0.25) is 0 Å². The molecule has 1 aromatic rings. The zero-order valence-corrected chi connectivity index (χ0v) is 11.7. The summed E-state index contributed by atoms with van der Waals surface area (Å²) in [5, 5.41) is 6.17. The molecule has 0 radical (unpaired) electrons. The van der Waals surface area contributed by atoms with Crippen LogP contribution in [0.25, 0.3) is 0 Å². The summed E-state index contributed by atoms with van der Waals surface area (Å²) >= 11 is 0. The second-order valence-corrected chi connectivity index (χ2v) is 5.09. The topological polar surface area (TPSA) is 41.1 Å². The van der Waals surface area contributed by atoms with Gasteiger partial charge in [-0.3, -0.25) is 4.79 Å². The Morgan fingerprint density at radius 2 is 2.21 bits per heavy atom. The van der Waals surface area contributed by atoms with Gasteiger partial charge in [0.05, 0.1) is 0 Å². The summed E-state index contributed by atoms with van der Waals surface area (Å²) in [6, 6.07) is 5.84. The lowest BCUT2D eigenvalue weighted by Crippen LogP contribution is -2.20. The highest BCUT2D eigenvalue weighted by molar-refractivity contribution is 5.96. The highest BCUT2D eigenvalue weighted by atomic mass is 16.1. The van der Waals surface area contributed by atoms with E-state index in [2.05, 4.69) is 22.8 Å². The first kappa shape index (κ1) is 13.7. The first-order valence-electron chi connectivity index (χ1n) is 6.93. The molecule has 1 aromatic carbocycles. The minimum absolute atomic E-state index is 0.0262. The molecule has 1 amide bonds. The third-order valence-corrected chi connectivity index (χ3v) is 3.76. The first-order chi connectivity index (χ1) is 9.22. The van der Waals surface area contributed by atoms with Gasteiger partial charge in [-0.2, -0.15) is 0 Å². The molecule has 19 heavy (non-hydrogen) atoms. The number of allylic oxidation sites excluding steroid dienone is 2. The number of benzene rings is 1. The molecule has 0 aliphatic heterocycles. The molecule has 3 nitrogen and oxygen atoms in total. The molecule has 0 saturated carbocycles.